The zero-order valence-corrected chi connectivity index (χ0v) is 11.3. The molecule has 100 valence electrons. The summed E-state index contributed by atoms with van der Waals surface area (Å²) in [6.45, 7) is 1.86. The number of nitrogens with zero attached hydrogens (tertiary/aromatic N) is 3. The van der Waals surface area contributed by atoms with Crippen molar-refractivity contribution in [2.75, 3.05) is 12.9 Å². The highest BCUT2D eigenvalue weighted by Crippen LogP contribution is 2.22. The third-order valence-corrected chi connectivity index (χ3v) is 3.26. The number of carboxylic acids is 1. The van der Waals surface area contributed by atoms with Crippen molar-refractivity contribution < 1.29 is 14.6 Å². The van der Waals surface area contributed by atoms with E-state index >= 15 is 0 Å². The molecule has 0 aromatic carbocycles. The van der Waals surface area contributed by atoms with Gasteiger partial charge in [-0.3, -0.25) is 9.36 Å². The standard InChI is InChI=1S/C12H13N3O3S/c1-8-6-15(12(14-8)19-7-11(16)17)9-3-4-10(18-2)13-5-9/h3-6H,7H2,1-2H3,(H,16,17). The van der Waals surface area contributed by atoms with Crippen molar-refractivity contribution in [2.45, 2.75) is 12.1 Å². The van der Waals surface area contributed by atoms with Crippen molar-refractivity contribution in [1.82, 2.24) is 14.5 Å². The van der Waals surface area contributed by atoms with E-state index in [1.165, 1.54) is 11.8 Å². The molecule has 0 saturated heterocycles. The highest BCUT2D eigenvalue weighted by molar-refractivity contribution is 7.99. The van der Waals surface area contributed by atoms with Crippen LogP contribution in [0.3, 0.4) is 0 Å². The maximum Gasteiger partial charge on any atom is 0.313 e. The topological polar surface area (TPSA) is 77.2 Å². The lowest BCUT2D eigenvalue weighted by atomic mass is 10.4. The van der Waals surface area contributed by atoms with Crippen LogP contribution in [0.25, 0.3) is 5.69 Å². The van der Waals surface area contributed by atoms with Gasteiger partial charge < -0.3 is 9.84 Å². The Labute approximate surface area is 114 Å². The van der Waals surface area contributed by atoms with Gasteiger partial charge in [0.25, 0.3) is 0 Å². The number of aliphatic carboxylic acids is 1. The fourth-order valence-corrected chi connectivity index (χ4v) is 2.28. The minimum atomic E-state index is -0.870. The second kappa shape index (κ2) is 5.75. The van der Waals surface area contributed by atoms with Gasteiger partial charge in [0.2, 0.25) is 5.88 Å². The quantitative estimate of drug-likeness (QED) is 0.840. The molecule has 0 aliphatic rings. The Morgan fingerprint density at radius 2 is 2.32 bits per heavy atom. The smallest absolute Gasteiger partial charge is 0.313 e. The summed E-state index contributed by atoms with van der Waals surface area (Å²) in [5, 5.41) is 9.36. The van der Waals surface area contributed by atoms with E-state index in [0.717, 1.165) is 11.4 Å². The number of imidazole rings is 1. The average molecular weight is 279 g/mol. The molecule has 0 bridgehead atoms. The normalized spacial score (nSPS) is 10.4. The van der Waals surface area contributed by atoms with Gasteiger partial charge in [-0.2, -0.15) is 0 Å². The van der Waals surface area contributed by atoms with Crippen molar-refractivity contribution >= 4 is 17.7 Å². The van der Waals surface area contributed by atoms with Crippen LogP contribution in [-0.2, 0) is 4.79 Å². The van der Waals surface area contributed by atoms with E-state index in [1.54, 1.807) is 19.4 Å². The van der Waals surface area contributed by atoms with Gasteiger partial charge in [0.15, 0.2) is 5.16 Å². The highest BCUT2D eigenvalue weighted by Gasteiger charge is 2.10. The molecule has 0 aliphatic carbocycles. The monoisotopic (exact) mass is 279 g/mol. The number of hydrogen-bond acceptors (Lipinski definition) is 5. The van der Waals surface area contributed by atoms with Crippen molar-refractivity contribution in [3.8, 4) is 11.6 Å². The molecule has 2 rings (SSSR count). The van der Waals surface area contributed by atoms with Crippen LogP contribution in [0.4, 0.5) is 0 Å². The molecule has 0 aliphatic heterocycles. The number of carbonyl (C=O) groups is 1. The Hall–Kier alpha value is -2.02. The Morgan fingerprint density at radius 3 is 2.89 bits per heavy atom. The lowest BCUT2D eigenvalue weighted by Crippen LogP contribution is -2.01. The first-order valence-corrected chi connectivity index (χ1v) is 6.49. The average Bonchev–Trinajstić information content (AvgIpc) is 2.78. The minimum Gasteiger partial charge on any atom is -0.481 e. The molecule has 0 unspecified atom stereocenters. The van der Waals surface area contributed by atoms with Crippen LogP contribution < -0.4 is 4.74 Å². The number of carboxylic acid groups (broad SMARTS) is 1. The van der Waals surface area contributed by atoms with E-state index in [2.05, 4.69) is 9.97 Å². The third-order valence-electron chi connectivity index (χ3n) is 2.33. The van der Waals surface area contributed by atoms with Gasteiger partial charge in [-0.1, -0.05) is 11.8 Å². The summed E-state index contributed by atoms with van der Waals surface area (Å²) in [6.07, 6.45) is 3.50. The zero-order chi connectivity index (χ0) is 13.8. The Bertz CT molecular complexity index is 580. The molecule has 0 fully saturated rings. The fourth-order valence-electron chi connectivity index (χ4n) is 1.52. The number of aromatic nitrogens is 3. The largest absolute Gasteiger partial charge is 0.481 e. The van der Waals surface area contributed by atoms with Gasteiger partial charge >= 0.3 is 5.97 Å². The molecule has 2 aromatic rings. The van der Waals surface area contributed by atoms with Crippen molar-refractivity contribution in [1.29, 1.82) is 0 Å². The summed E-state index contributed by atoms with van der Waals surface area (Å²) in [5.41, 5.74) is 1.64. The number of ether oxygens (including phenoxy) is 1. The number of thioether (sulfide) groups is 1. The van der Waals surface area contributed by atoms with Gasteiger partial charge in [0, 0.05) is 12.3 Å². The van der Waals surface area contributed by atoms with Crippen molar-refractivity contribution in [3.63, 3.8) is 0 Å². The van der Waals surface area contributed by atoms with Crippen LogP contribution in [0.15, 0.2) is 29.7 Å². The highest BCUT2D eigenvalue weighted by atomic mass is 32.2. The predicted molar refractivity (Wildman–Crippen MR) is 71.0 cm³/mol. The van der Waals surface area contributed by atoms with Crippen LogP contribution in [0.2, 0.25) is 0 Å². The third kappa shape index (κ3) is 3.25. The number of aryl methyl sites for hydroxylation is 1. The maximum atomic E-state index is 10.6. The van der Waals surface area contributed by atoms with Gasteiger partial charge in [-0.05, 0) is 13.0 Å². The first-order valence-electron chi connectivity index (χ1n) is 5.51. The Kier molecular flexibility index (Phi) is 4.06. The Morgan fingerprint density at radius 1 is 1.53 bits per heavy atom. The first-order chi connectivity index (χ1) is 9.10. The van der Waals surface area contributed by atoms with Gasteiger partial charge in [0.1, 0.15) is 0 Å². The van der Waals surface area contributed by atoms with E-state index < -0.39 is 5.97 Å². The number of rotatable bonds is 5. The maximum absolute atomic E-state index is 10.6. The summed E-state index contributed by atoms with van der Waals surface area (Å²) in [4.78, 5) is 19.1. The summed E-state index contributed by atoms with van der Waals surface area (Å²) in [7, 11) is 1.55. The van der Waals surface area contributed by atoms with Crippen molar-refractivity contribution in [2.24, 2.45) is 0 Å². The molecule has 0 atom stereocenters. The minimum absolute atomic E-state index is 0.0277. The summed E-state index contributed by atoms with van der Waals surface area (Å²) < 4.78 is 6.82. The van der Waals surface area contributed by atoms with E-state index in [1.807, 2.05) is 23.8 Å². The van der Waals surface area contributed by atoms with E-state index in [9.17, 15) is 4.79 Å². The summed E-state index contributed by atoms with van der Waals surface area (Å²) in [6, 6.07) is 3.59. The van der Waals surface area contributed by atoms with E-state index in [-0.39, 0.29) is 5.75 Å². The zero-order valence-electron chi connectivity index (χ0n) is 10.5. The van der Waals surface area contributed by atoms with Crippen LogP contribution in [0, 0.1) is 6.92 Å². The molecule has 2 heterocycles. The lowest BCUT2D eigenvalue weighted by Gasteiger charge is -2.06. The lowest BCUT2D eigenvalue weighted by molar-refractivity contribution is -0.133. The molecule has 0 amide bonds. The fraction of sp³-hybridized carbons (Fsp3) is 0.250. The molecular weight excluding hydrogens is 266 g/mol. The summed E-state index contributed by atoms with van der Waals surface area (Å²) >= 11 is 1.17. The molecule has 1 N–H and O–H groups in total. The molecular formula is C12H13N3O3S. The number of hydrogen-bond donors (Lipinski definition) is 1. The van der Waals surface area contributed by atoms with E-state index in [0.29, 0.717) is 11.0 Å². The van der Waals surface area contributed by atoms with Crippen LogP contribution in [0.5, 0.6) is 5.88 Å². The first kappa shape index (κ1) is 13.4. The van der Waals surface area contributed by atoms with Gasteiger partial charge in [-0.15, -0.1) is 0 Å². The molecule has 0 spiro atoms. The second-order valence-electron chi connectivity index (χ2n) is 3.78. The van der Waals surface area contributed by atoms with Crippen LogP contribution >= 0.6 is 11.8 Å². The molecule has 0 saturated carbocycles. The van der Waals surface area contributed by atoms with Crippen LogP contribution in [0.1, 0.15) is 5.69 Å². The number of pyridine rings is 1. The molecule has 0 radical (unpaired) electrons. The van der Waals surface area contributed by atoms with Crippen molar-refractivity contribution in [3.05, 3.63) is 30.2 Å². The van der Waals surface area contributed by atoms with Gasteiger partial charge in [-0.25, -0.2) is 9.97 Å². The number of methoxy groups -OCH3 is 1. The second-order valence-corrected chi connectivity index (χ2v) is 4.72. The van der Waals surface area contributed by atoms with Gasteiger partial charge in [0.05, 0.1) is 30.4 Å². The molecule has 6 nitrogen and oxygen atoms in total. The Balaban J connectivity index is 2.29. The van der Waals surface area contributed by atoms with Crippen LogP contribution in [-0.4, -0.2) is 38.5 Å². The SMILES string of the molecule is COc1ccc(-n2cc(C)nc2SCC(=O)O)cn1. The van der Waals surface area contributed by atoms with E-state index in [4.69, 9.17) is 9.84 Å². The molecule has 19 heavy (non-hydrogen) atoms. The molecule has 2 aromatic heterocycles. The predicted octanol–water partition coefficient (Wildman–Crippen LogP) is 1.76. The summed E-state index contributed by atoms with van der Waals surface area (Å²) in [5.74, 6) is -0.370. The molecule has 7 heteroatoms.